The Balaban J connectivity index is 1.66. The maximum atomic E-state index is 13.0. The molecule has 154 valence electrons. The van der Waals surface area contributed by atoms with Crippen LogP contribution in [0.4, 0.5) is 10.6 Å². The molecule has 3 rings (SSSR count). The number of carbonyl (C=O) groups is 2. The SMILES string of the molecule is CCOC(=O)N1CCN(c2cc(C(=O)N(CC)Cc3ccccc3)ccn2)CC1. The summed E-state index contributed by atoms with van der Waals surface area (Å²) in [5, 5.41) is 0. The van der Waals surface area contributed by atoms with Gasteiger partial charge in [0.15, 0.2) is 0 Å². The first-order valence-electron chi connectivity index (χ1n) is 10.1. The lowest BCUT2D eigenvalue weighted by Crippen LogP contribution is -2.49. The van der Waals surface area contributed by atoms with E-state index in [1.54, 1.807) is 24.1 Å². The highest BCUT2D eigenvalue weighted by Crippen LogP contribution is 2.18. The van der Waals surface area contributed by atoms with Crippen molar-refractivity contribution in [2.45, 2.75) is 20.4 Å². The maximum absolute atomic E-state index is 13.0. The van der Waals surface area contributed by atoms with Gasteiger partial charge in [-0.3, -0.25) is 4.79 Å². The van der Waals surface area contributed by atoms with Gasteiger partial charge in [-0.2, -0.15) is 0 Å². The number of ether oxygens (including phenoxy) is 1. The van der Waals surface area contributed by atoms with Gasteiger partial charge in [-0.1, -0.05) is 30.3 Å². The molecule has 0 unspecified atom stereocenters. The van der Waals surface area contributed by atoms with Gasteiger partial charge in [-0.05, 0) is 31.5 Å². The van der Waals surface area contributed by atoms with Crippen molar-refractivity contribution in [1.82, 2.24) is 14.8 Å². The van der Waals surface area contributed by atoms with Crippen LogP contribution in [-0.4, -0.2) is 66.1 Å². The second kappa shape index (κ2) is 9.91. The topological polar surface area (TPSA) is 66.0 Å². The van der Waals surface area contributed by atoms with Crippen molar-refractivity contribution in [1.29, 1.82) is 0 Å². The van der Waals surface area contributed by atoms with Crippen molar-refractivity contribution < 1.29 is 14.3 Å². The fourth-order valence-electron chi connectivity index (χ4n) is 3.37. The van der Waals surface area contributed by atoms with Crippen molar-refractivity contribution in [2.24, 2.45) is 0 Å². The van der Waals surface area contributed by atoms with E-state index >= 15 is 0 Å². The summed E-state index contributed by atoms with van der Waals surface area (Å²) in [6.45, 7) is 7.84. The molecule has 2 amide bonds. The Labute approximate surface area is 171 Å². The number of nitrogens with zero attached hydrogens (tertiary/aromatic N) is 4. The minimum Gasteiger partial charge on any atom is -0.450 e. The van der Waals surface area contributed by atoms with Gasteiger partial charge in [0.25, 0.3) is 5.91 Å². The summed E-state index contributed by atoms with van der Waals surface area (Å²) in [5.74, 6) is 0.750. The summed E-state index contributed by atoms with van der Waals surface area (Å²) >= 11 is 0. The van der Waals surface area contributed by atoms with Gasteiger partial charge in [0, 0.05) is 51.0 Å². The van der Waals surface area contributed by atoms with Crippen molar-refractivity contribution >= 4 is 17.8 Å². The number of benzene rings is 1. The van der Waals surface area contributed by atoms with Gasteiger partial charge in [0.1, 0.15) is 5.82 Å². The van der Waals surface area contributed by atoms with Crippen LogP contribution in [0.5, 0.6) is 0 Å². The Hall–Kier alpha value is -3.09. The quantitative estimate of drug-likeness (QED) is 0.751. The van der Waals surface area contributed by atoms with Crippen LogP contribution in [0.25, 0.3) is 0 Å². The van der Waals surface area contributed by atoms with Crippen LogP contribution in [0, 0.1) is 0 Å². The second-order valence-electron chi connectivity index (χ2n) is 6.88. The van der Waals surface area contributed by atoms with Crippen molar-refractivity contribution in [3.63, 3.8) is 0 Å². The van der Waals surface area contributed by atoms with E-state index in [9.17, 15) is 9.59 Å². The smallest absolute Gasteiger partial charge is 0.409 e. The van der Waals surface area contributed by atoms with Crippen molar-refractivity contribution in [3.05, 3.63) is 59.8 Å². The van der Waals surface area contributed by atoms with E-state index in [-0.39, 0.29) is 12.0 Å². The Kier molecular flexibility index (Phi) is 7.05. The average molecular weight is 396 g/mol. The maximum Gasteiger partial charge on any atom is 0.409 e. The molecule has 1 aliphatic heterocycles. The third-order valence-corrected chi connectivity index (χ3v) is 5.01. The number of pyridine rings is 1. The van der Waals surface area contributed by atoms with Crippen LogP contribution in [0.2, 0.25) is 0 Å². The zero-order valence-electron chi connectivity index (χ0n) is 17.1. The standard InChI is InChI=1S/C22H28N4O3/c1-3-24(17-18-8-6-5-7-9-18)21(27)19-10-11-23-20(16-19)25-12-14-26(15-13-25)22(28)29-4-2/h5-11,16H,3-4,12-15,17H2,1-2H3. The van der Waals surface area contributed by atoms with Crippen LogP contribution >= 0.6 is 0 Å². The van der Waals surface area contributed by atoms with Crippen LogP contribution < -0.4 is 4.90 Å². The zero-order valence-corrected chi connectivity index (χ0v) is 17.1. The number of piperazine rings is 1. The zero-order chi connectivity index (χ0) is 20.6. The van der Waals surface area contributed by atoms with Gasteiger partial charge in [0.05, 0.1) is 6.61 Å². The molecule has 1 aliphatic rings. The van der Waals surface area contributed by atoms with Crippen molar-refractivity contribution in [2.75, 3.05) is 44.2 Å². The lowest BCUT2D eigenvalue weighted by molar-refractivity contribution is 0.0752. The van der Waals surface area contributed by atoms with Crippen LogP contribution in [-0.2, 0) is 11.3 Å². The Morgan fingerprint density at radius 3 is 2.45 bits per heavy atom. The third-order valence-electron chi connectivity index (χ3n) is 5.01. The van der Waals surface area contributed by atoms with E-state index in [0.717, 1.165) is 11.4 Å². The van der Waals surface area contributed by atoms with Gasteiger partial charge in [-0.25, -0.2) is 9.78 Å². The summed E-state index contributed by atoms with van der Waals surface area (Å²) in [5.41, 5.74) is 1.73. The molecular weight excluding hydrogens is 368 g/mol. The van der Waals surface area contributed by atoms with E-state index < -0.39 is 0 Å². The summed E-state index contributed by atoms with van der Waals surface area (Å²) in [6, 6.07) is 13.6. The molecule has 0 spiro atoms. The first kappa shape index (κ1) is 20.6. The Morgan fingerprint density at radius 1 is 1.07 bits per heavy atom. The molecular formula is C22H28N4O3. The van der Waals surface area contributed by atoms with Crippen LogP contribution in [0.1, 0.15) is 29.8 Å². The van der Waals surface area contributed by atoms with E-state index in [0.29, 0.717) is 51.4 Å². The molecule has 0 saturated carbocycles. The average Bonchev–Trinajstić information content (AvgIpc) is 2.78. The fourth-order valence-corrected chi connectivity index (χ4v) is 3.37. The first-order chi connectivity index (χ1) is 14.1. The van der Waals surface area contributed by atoms with E-state index in [1.807, 2.05) is 48.2 Å². The first-order valence-corrected chi connectivity index (χ1v) is 10.1. The normalized spacial score (nSPS) is 13.9. The van der Waals surface area contributed by atoms with Crippen LogP contribution in [0.3, 0.4) is 0 Å². The number of amides is 2. The molecule has 0 radical (unpaired) electrons. The lowest BCUT2D eigenvalue weighted by atomic mass is 10.1. The molecule has 0 aliphatic carbocycles. The van der Waals surface area contributed by atoms with E-state index in [2.05, 4.69) is 9.88 Å². The Morgan fingerprint density at radius 2 is 1.79 bits per heavy atom. The number of carbonyl (C=O) groups excluding carboxylic acids is 2. The number of anilines is 1. The predicted molar refractivity (Wildman–Crippen MR) is 112 cm³/mol. The largest absolute Gasteiger partial charge is 0.450 e. The summed E-state index contributed by atoms with van der Waals surface area (Å²) in [7, 11) is 0. The molecule has 29 heavy (non-hydrogen) atoms. The number of hydrogen-bond acceptors (Lipinski definition) is 5. The highest BCUT2D eigenvalue weighted by molar-refractivity contribution is 5.94. The molecule has 1 saturated heterocycles. The monoisotopic (exact) mass is 396 g/mol. The lowest BCUT2D eigenvalue weighted by Gasteiger charge is -2.34. The van der Waals surface area contributed by atoms with Gasteiger partial charge >= 0.3 is 6.09 Å². The highest BCUT2D eigenvalue weighted by Gasteiger charge is 2.23. The van der Waals surface area contributed by atoms with E-state index in [1.165, 1.54) is 0 Å². The fraction of sp³-hybridized carbons (Fsp3) is 0.409. The molecule has 1 fully saturated rings. The molecule has 1 aromatic carbocycles. The summed E-state index contributed by atoms with van der Waals surface area (Å²) in [6.07, 6.45) is 1.40. The third kappa shape index (κ3) is 5.25. The molecule has 7 nitrogen and oxygen atoms in total. The molecule has 2 heterocycles. The van der Waals surface area contributed by atoms with Gasteiger partial charge in [0.2, 0.25) is 0 Å². The second-order valence-corrected chi connectivity index (χ2v) is 6.88. The Bertz CT molecular complexity index is 820. The summed E-state index contributed by atoms with van der Waals surface area (Å²) < 4.78 is 5.06. The number of rotatable bonds is 6. The molecule has 1 aromatic heterocycles. The molecule has 0 bridgehead atoms. The summed E-state index contributed by atoms with van der Waals surface area (Å²) in [4.78, 5) is 35.0. The predicted octanol–water partition coefficient (Wildman–Crippen LogP) is 3.02. The van der Waals surface area contributed by atoms with Gasteiger partial charge in [-0.15, -0.1) is 0 Å². The number of aromatic nitrogens is 1. The number of hydrogen-bond donors (Lipinski definition) is 0. The highest BCUT2D eigenvalue weighted by atomic mass is 16.6. The molecule has 0 atom stereocenters. The van der Waals surface area contributed by atoms with Gasteiger partial charge < -0.3 is 19.4 Å². The van der Waals surface area contributed by atoms with Crippen molar-refractivity contribution in [3.8, 4) is 0 Å². The molecule has 0 N–H and O–H groups in total. The minimum absolute atomic E-state index is 0.00911. The molecule has 2 aromatic rings. The molecule has 7 heteroatoms. The van der Waals surface area contributed by atoms with E-state index in [4.69, 9.17) is 4.74 Å². The van der Waals surface area contributed by atoms with Crippen LogP contribution in [0.15, 0.2) is 48.7 Å². The minimum atomic E-state index is -0.275.